The van der Waals surface area contributed by atoms with Crippen molar-refractivity contribution in [3.8, 4) is 0 Å². The van der Waals surface area contributed by atoms with Gasteiger partial charge in [-0.15, -0.1) is 0 Å². The van der Waals surface area contributed by atoms with Gasteiger partial charge in [-0.25, -0.2) is 15.0 Å². The Morgan fingerprint density at radius 1 is 1.05 bits per heavy atom. The smallest absolute Gasteiger partial charge is 0.277 e. The number of carbonyl (C=O) groups is 1. The average molecular weight is 320 g/mol. The number of nitrogens with one attached hydrogen (secondary N) is 1. The third kappa shape index (κ3) is 3.07. The molecule has 0 bridgehead atoms. The van der Waals surface area contributed by atoms with Gasteiger partial charge in [0.1, 0.15) is 16.7 Å². The summed E-state index contributed by atoms with van der Waals surface area (Å²) < 4.78 is 0. The summed E-state index contributed by atoms with van der Waals surface area (Å²) in [5, 5.41) is 2.62. The van der Waals surface area contributed by atoms with Crippen LogP contribution in [-0.2, 0) is 0 Å². The van der Waals surface area contributed by atoms with Gasteiger partial charge in [0.25, 0.3) is 5.91 Å². The Bertz CT molecular complexity index is 819. The van der Waals surface area contributed by atoms with Gasteiger partial charge in [0.05, 0.1) is 17.2 Å². The van der Waals surface area contributed by atoms with Crippen LogP contribution in [0, 0.1) is 0 Å². The van der Waals surface area contributed by atoms with Crippen LogP contribution in [0.15, 0.2) is 36.5 Å². The molecule has 0 radical (unpaired) electrons. The molecule has 3 rings (SSSR count). The van der Waals surface area contributed by atoms with Gasteiger partial charge in [0.15, 0.2) is 0 Å². The lowest BCUT2D eigenvalue weighted by Crippen LogP contribution is -2.15. The van der Waals surface area contributed by atoms with E-state index in [1.807, 2.05) is 18.2 Å². The number of aromatic nitrogens is 4. The van der Waals surface area contributed by atoms with Crippen LogP contribution < -0.4 is 5.32 Å². The molecular weight excluding hydrogens is 313 g/mol. The molecule has 3 aromatic rings. The van der Waals surface area contributed by atoms with Crippen LogP contribution in [0.1, 0.15) is 10.5 Å². The predicted octanol–water partition coefficient (Wildman–Crippen LogP) is 2.98. The third-order valence-corrected chi connectivity index (χ3v) is 2.95. The van der Waals surface area contributed by atoms with Gasteiger partial charge in [-0.2, -0.15) is 0 Å². The first-order chi connectivity index (χ1) is 10.1. The Morgan fingerprint density at radius 3 is 2.57 bits per heavy atom. The van der Waals surface area contributed by atoms with E-state index < -0.39 is 5.91 Å². The topological polar surface area (TPSA) is 80.7 Å². The van der Waals surface area contributed by atoms with Gasteiger partial charge in [-0.05, 0) is 23.7 Å². The molecule has 0 saturated heterocycles. The number of benzene rings is 1. The molecule has 104 valence electrons. The lowest BCUT2D eigenvalue weighted by atomic mass is 10.3. The van der Waals surface area contributed by atoms with Crippen molar-refractivity contribution in [3.63, 3.8) is 0 Å². The lowest BCUT2D eigenvalue weighted by Gasteiger charge is -2.05. The Balaban J connectivity index is 1.89. The summed E-state index contributed by atoms with van der Waals surface area (Å²) in [6, 6.07) is 8.65. The van der Waals surface area contributed by atoms with E-state index in [2.05, 4.69) is 25.3 Å². The van der Waals surface area contributed by atoms with E-state index in [0.717, 1.165) is 0 Å². The van der Waals surface area contributed by atoms with Gasteiger partial charge < -0.3 is 5.32 Å². The minimum atomic E-state index is -0.459. The number of para-hydroxylation sites is 2. The van der Waals surface area contributed by atoms with Crippen molar-refractivity contribution in [2.75, 3.05) is 5.32 Å². The fourth-order valence-electron chi connectivity index (χ4n) is 1.70. The van der Waals surface area contributed by atoms with Crippen molar-refractivity contribution in [3.05, 3.63) is 52.7 Å². The van der Waals surface area contributed by atoms with Crippen molar-refractivity contribution in [1.29, 1.82) is 0 Å². The molecule has 1 N–H and O–H groups in total. The maximum absolute atomic E-state index is 12.1. The molecule has 0 aliphatic heterocycles. The Kier molecular flexibility index (Phi) is 3.64. The van der Waals surface area contributed by atoms with E-state index in [0.29, 0.717) is 11.0 Å². The highest BCUT2D eigenvalue weighted by Crippen LogP contribution is 2.15. The summed E-state index contributed by atoms with van der Waals surface area (Å²) in [5.74, 6) is -0.265. The zero-order chi connectivity index (χ0) is 14.8. The molecule has 2 heterocycles. The first kappa shape index (κ1) is 13.7. The standard InChI is InChI=1S/C13H7Cl2N5O/c14-10-5-11(20-13(15)18-10)19-12(21)9-6-16-7-3-1-2-4-8(7)17-9/h1-6H,(H,18,19,20,21). The third-order valence-electron chi connectivity index (χ3n) is 2.59. The highest BCUT2D eigenvalue weighted by Gasteiger charge is 2.11. The number of fused-ring (bicyclic) bond motifs is 1. The van der Waals surface area contributed by atoms with Gasteiger partial charge in [0.2, 0.25) is 5.28 Å². The largest absolute Gasteiger partial charge is 0.305 e. The molecule has 0 atom stereocenters. The number of nitrogens with zero attached hydrogens (tertiary/aromatic N) is 4. The minimum Gasteiger partial charge on any atom is -0.305 e. The number of hydrogen-bond acceptors (Lipinski definition) is 5. The van der Waals surface area contributed by atoms with E-state index in [1.54, 1.807) is 6.07 Å². The van der Waals surface area contributed by atoms with E-state index in [4.69, 9.17) is 23.2 Å². The fraction of sp³-hybridized carbons (Fsp3) is 0. The number of anilines is 1. The minimum absolute atomic E-state index is 0.0533. The van der Waals surface area contributed by atoms with E-state index >= 15 is 0 Å². The van der Waals surface area contributed by atoms with Crippen LogP contribution in [0.2, 0.25) is 10.4 Å². The normalized spacial score (nSPS) is 10.6. The summed E-state index contributed by atoms with van der Waals surface area (Å²) in [6.07, 6.45) is 1.39. The average Bonchev–Trinajstić information content (AvgIpc) is 2.45. The SMILES string of the molecule is O=C(Nc1cc(Cl)nc(Cl)n1)c1cnc2ccccc2n1. The molecule has 0 aliphatic rings. The molecular formula is C13H7Cl2N5O. The highest BCUT2D eigenvalue weighted by atomic mass is 35.5. The zero-order valence-corrected chi connectivity index (χ0v) is 11.9. The number of carbonyl (C=O) groups excluding carboxylic acids is 1. The molecule has 0 saturated carbocycles. The predicted molar refractivity (Wildman–Crippen MR) is 79.5 cm³/mol. The molecule has 21 heavy (non-hydrogen) atoms. The molecule has 2 aromatic heterocycles. The van der Waals surface area contributed by atoms with Crippen LogP contribution >= 0.6 is 23.2 Å². The number of amides is 1. The second-order valence-corrected chi connectivity index (χ2v) is 4.77. The van der Waals surface area contributed by atoms with Gasteiger partial charge in [-0.3, -0.25) is 9.78 Å². The van der Waals surface area contributed by atoms with Crippen molar-refractivity contribution in [1.82, 2.24) is 19.9 Å². The molecule has 6 nitrogen and oxygen atoms in total. The summed E-state index contributed by atoms with van der Waals surface area (Å²) in [4.78, 5) is 28.1. The maximum Gasteiger partial charge on any atom is 0.277 e. The monoisotopic (exact) mass is 319 g/mol. The Labute approximate surface area is 129 Å². The number of hydrogen-bond donors (Lipinski definition) is 1. The van der Waals surface area contributed by atoms with Gasteiger partial charge in [0, 0.05) is 6.07 Å². The van der Waals surface area contributed by atoms with Crippen LogP contribution in [-0.4, -0.2) is 25.8 Å². The van der Waals surface area contributed by atoms with E-state index in [-0.39, 0.29) is 21.9 Å². The molecule has 8 heteroatoms. The molecule has 0 unspecified atom stereocenters. The molecule has 0 spiro atoms. The Morgan fingerprint density at radius 2 is 1.81 bits per heavy atom. The quantitative estimate of drug-likeness (QED) is 0.580. The maximum atomic E-state index is 12.1. The number of rotatable bonds is 2. The van der Waals surface area contributed by atoms with E-state index in [9.17, 15) is 4.79 Å². The summed E-state index contributed by atoms with van der Waals surface area (Å²) in [7, 11) is 0. The number of halogens is 2. The van der Waals surface area contributed by atoms with Crippen molar-refractivity contribution in [2.24, 2.45) is 0 Å². The molecule has 1 aromatic carbocycles. The Hall–Kier alpha value is -2.31. The van der Waals surface area contributed by atoms with Gasteiger partial charge >= 0.3 is 0 Å². The van der Waals surface area contributed by atoms with Crippen LogP contribution in [0.3, 0.4) is 0 Å². The van der Waals surface area contributed by atoms with Crippen molar-refractivity contribution in [2.45, 2.75) is 0 Å². The van der Waals surface area contributed by atoms with Crippen LogP contribution in [0.25, 0.3) is 11.0 Å². The van der Waals surface area contributed by atoms with Crippen molar-refractivity contribution >= 4 is 46.0 Å². The molecule has 0 fully saturated rings. The zero-order valence-electron chi connectivity index (χ0n) is 10.4. The first-order valence-electron chi connectivity index (χ1n) is 5.85. The molecule has 0 aliphatic carbocycles. The fourth-order valence-corrected chi connectivity index (χ4v) is 2.11. The van der Waals surface area contributed by atoms with E-state index in [1.165, 1.54) is 12.3 Å². The van der Waals surface area contributed by atoms with Crippen molar-refractivity contribution < 1.29 is 4.79 Å². The summed E-state index contributed by atoms with van der Waals surface area (Å²) >= 11 is 11.4. The first-order valence-corrected chi connectivity index (χ1v) is 6.60. The second kappa shape index (κ2) is 5.59. The molecule has 1 amide bonds. The summed E-state index contributed by atoms with van der Waals surface area (Å²) in [6.45, 7) is 0. The highest BCUT2D eigenvalue weighted by molar-refractivity contribution is 6.32. The van der Waals surface area contributed by atoms with Crippen LogP contribution in [0.4, 0.5) is 5.82 Å². The van der Waals surface area contributed by atoms with Gasteiger partial charge in [-0.1, -0.05) is 23.7 Å². The lowest BCUT2D eigenvalue weighted by molar-refractivity contribution is 0.102. The second-order valence-electron chi connectivity index (χ2n) is 4.04. The van der Waals surface area contributed by atoms with Crippen LogP contribution in [0.5, 0.6) is 0 Å². The summed E-state index contributed by atoms with van der Waals surface area (Å²) in [5.41, 5.74) is 1.51.